The second kappa shape index (κ2) is 6.58. The number of hydrazone groups is 1. The highest BCUT2D eigenvalue weighted by Gasteiger charge is 2.33. The van der Waals surface area contributed by atoms with E-state index in [2.05, 4.69) is 10.1 Å². The highest BCUT2D eigenvalue weighted by molar-refractivity contribution is 6.23. The van der Waals surface area contributed by atoms with Crippen molar-refractivity contribution in [2.75, 3.05) is 5.01 Å². The molecule has 0 spiro atoms. The Kier molecular flexibility index (Phi) is 4.33. The number of ketones is 1. The second-order valence-electron chi connectivity index (χ2n) is 5.59. The maximum absolute atomic E-state index is 12.6. The molecule has 1 atom stereocenters. The van der Waals surface area contributed by atoms with Crippen molar-refractivity contribution < 1.29 is 9.59 Å². The Hall–Kier alpha value is -3.08. The fourth-order valence-corrected chi connectivity index (χ4v) is 2.45. The number of rotatable bonds is 4. The third-order valence-electron chi connectivity index (χ3n) is 3.83. The van der Waals surface area contributed by atoms with Crippen molar-refractivity contribution in [2.24, 2.45) is 16.0 Å². The number of nitrogens with zero attached hydrogens (tertiary/aromatic N) is 3. The van der Waals surface area contributed by atoms with Crippen LogP contribution in [0.5, 0.6) is 0 Å². The van der Waals surface area contributed by atoms with Gasteiger partial charge >= 0.3 is 0 Å². The third-order valence-corrected chi connectivity index (χ3v) is 3.83. The lowest BCUT2D eigenvalue weighted by Crippen LogP contribution is -2.27. The monoisotopic (exact) mass is 319 g/mol. The van der Waals surface area contributed by atoms with Gasteiger partial charge in [0.15, 0.2) is 5.78 Å². The fraction of sp³-hybridized carbons (Fsp3) is 0.158. The molecule has 24 heavy (non-hydrogen) atoms. The minimum absolute atomic E-state index is 0.0120. The molecule has 1 aliphatic rings. The molecular formula is C19H17N3O2. The molecule has 0 saturated carbocycles. The van der Waals surface area contributed by atoms with Gasteiger partial charge in [0, 0.05) is 11.8 Å². The summed E-state index contributed by atoms with van der Waals surface area (Å²) >= 11 is 0. The van der Waals surface area contributed by atoms with Gasteiger partial charge < -0.3 is 0 Å². The molecular weight excluding hydrogens is 302 g/mol. The molecule has 0 aromatic heterocycles. The van der Waals surface area contributed by atoms with Crippen LogP contribution in [0.3, 0.4) is 0 Å². The second-order valence-corrected chi connectivity index (χ2v) is 5.59. The summed E-state index contributed by atoms with van der Waals surface area (Å²) in [4.78, 5) is 28.2. The maximum atomic E-state index is 12.6. The molecule has 1 heterocycles. The van der Waals surface area contributed by atoms with Crippen molar-refractivity contribution in [3.63, 3.8) is 0 Å². The third kappa shape index (κ3) is 3.15. The fourth-order valence-electron chi connectivity index (χ4n) is 2.45. The predicted molar refractivity (Wildman–Crippen MR) is 95.1 cm³/mol. The summed E-state index contributed by atoms with van der Waals surface area (Å²) in [7, 11) is 0. The standard InChI is InChI=1S/C19H17N3O2/c1-13-18(12-20-16-10-8-15(9-11-16)14(2)23)19(24)22(21-13)17-6-4-3-5-7-17/h3-12,18H,1-2H3/t18-/m1/s1. The SMILES string of the molecule is CC(=O)c1ccc(N=C[C@H]2C(=O)N(c3ccccc3)N=C2C)cc1. The Labute approximate surface area is 140 Å². The Bertz CT molecular complexity index is 823. The zero-order valence-corrected chi connectivity index (χ0v) is 13.5. The number of hydrogen-bond acceptors (Lipinski definition) is 4. The zero-order chi connectivity index (χ0) is 17.1. The van der Waals surface area contributed by atoms with E-state index < -0.39 is 5.92 Å². The number of anilines is 1. The minimum atomic E-state index is -0.474. The first-order chi connectivity index (χ1) is 11.6. The van der Waals surface area contributed by atoms with Crippen LogP contribution in [0.4, 0.5) is 11.4 Å². The molecule has 0 saturated heterocycles. The van der Waals surface area contributed by atoms with Gasteiger partial charge in [-0.1, -0.05) is 18.2 Å². The lowest BCUT2D eigenvalue weighted by molar-refractivity contribution is -0.118. The number of carbonyl (C=O) groups is 2. The minimum Gasteiger partial charge on any atom is -0.295 e. The van der Waals surface area contributed by atoms with Gasteiger partial charge in [-0.25, -0.2) is 0 Å². The van der Waals surface area contributed by atoms with Gasteiger partial charge in [-0.3, -0.25) is 14.6 Å². The smallest absolute Gasteiger partial charge is 0.261 e. The van der Waals surface area contributed by atoms with Crippen molar-refractivity contribution >= 4 is 35.0 Å². The van der Waals surface area contributed by atoms with Gasteiger partial charge in [0.2, 0.25) is 0 Å². The molecule has 2 aromatic rings. The molecule has 0 bridgehead atoms. The number of benzene rings is 2. The van der Waals surface area contributed by atoms with E-state index in [1.54, 1.807) is 30.5 Å². The summed E-state index contributed by atoms with van der Waals surface area (Å²) in [6.45, 7) is 3.34. The van der Waals surface area contributed by atoms with E-state index in [4.69, 9.17) is 0 Å². The summed E-state index contributed by atoms with van der Waals surface area (Å²) in [6.07, 6.45) is 1.60. The summed E-state index contributed by atoms with van der Waals surface area (Å²) in [5.41, 5.74) is 2.77. The first kappa shape index (κ1) is 15.8. The van der Waals surface area contributed by atoms with Crippen LogP contribution < -0.4 is 5.01 Å². The van der Waals surface area contributed by atoms with E-state index in [0.29, 0.717) is 17.0 Å². The summed E-state index contributed by atoms with van der Waals surface area (Å²) in [5, 5.41) is 5.74. The number of carbonyl (C=O) groups excluding carboxylic acids is 2. The number of amides is 1. The topological polar surface area (TPSA) is 62.1 Å². The molecule has 5 heteroatoms. The predicted octanol–water partition coefficient (Wildman–Crippen LogP) is 3.63. The van der Waals surface area contributed by atoms with E-state index >= 15 is 0 Å². The Balaban J connectivity index is 1.77. The number of Topliss-reactive ketones (excluding diaryl/α,β-unsaturated/α-hetero) is 1. The molecule has 0 radical (unpaired) electrons. The van der Waals surface area contributed by atoms with Crippen molar-refractivity contribution in [2.45, 2.75) is 13.8 Å². The highest BCUT2D eigenvalue weighted by atomic mass is 16.2. The van der Waals surface area contributed by atoms with Crippen LogP contribution in [0, 0.1) is 5.92 Å². The van der Waals surface area contributed by atoms with Crippen molar-refractivity contribution in [1.82, 2.24) is 0 Å². The Morgan fingerprint density at radius 3 is 2.42 bits per heavy atom. The average molecular weight is 319 g/mol. The van der Waals surface area contributed by atoms with Crippen LogP contribution >= 0.6 is 0 Å². The van der Waals surface area contributed by atoms with Crippen LogP contribution in [0.2, 0.25) is 0 Å². The molecule has 3 rings (SSSR count). The van der Waals surface area contributed by atoms with E-state index in [-0.39, 0.29) is 11.7 Å². The molecule has 5 nitrogen and oxygen atoms in total. The van der Waals surface area contributed by atoms with Crippen molar-refractivity contribution in [3.8, 4) is 0 Å². The van der Waals surface area contributed by atoms with Gasteiger partial charge in [0.1, 0.15) is 5.92 Å². The van der Waals surface area contributed by atoms with E-state index in [1.165, 1.54) is 11.9 Å². The molecule has 0 aliphatic carbocycles. The van der Waals surface area contributed by atoms with Crippen LogP contribution in [-0.2, 0) is 4.79 Å². The molecule has 1 amide bonds. The molecule has 120 valence electrons. The molecule has 1 aliphatic heterocycles. The van der Waals surface area contributed by atoms with Gasteiger partial charge in [0.25, 0.3) is 5.91 Å². The van der Waals surface area contributed by atoms with E-state index in [9.17, 15) is 9.59 Å². The largest absolute Gasteiger partial charge is 0.295 e. The van der Waals surface area contributed by atoms with Gasteiger partial charge in [-0.15, -0.1) is 0 Å². The van der Waals surface area contributed by atoms with Crippen LogP contribution in [0.25, 0.3) is 0 Å². The first-order valence-corrected chi connectivity index (χ1v) is 7.65. The number of para-hydroxylation sites is 1. The summed E-state index contributed by atoms with van der Waals surface area (Å²) < 4.78 is 0. The quantitative estimate of drug-likeness (QED) is 0.638. The lowest BCUT2D eigenvalue weighted by Gasteiger charge is -2.12. The Morgan fingerprint density at radius 1 is 1.12 bits per heavy atom. The van der Waals surface area contributed by atoms with Crippen molar-refractivity contribution in [1.29, 1.82) is 0 Å². The number of aliphatic imine (C=N–C) groups is 1. The van der Waals surface area contributed by atoms with Gasteiger partial charge in [-0.2, -0.15) is 10.1 Å². The van der Waals surface area contributed by atoms with Gasteiger partial charge in [-0.05, 0) is 50.2 Å². The summed E-state index contributed by atoms with van der Waals surface area (Å²) in [5.74, 6) is -0.585. The maximum Gasteiger partial charge on any atom is 0.261 e. The normalized spacial score (nSPS) is 17.4. The molecule has 0 fully saturated rings. The van der Waals surface area contributed by atoms with Crippen LogP contribution in [-0.4, -0.2) is 23.6 Å². The van der Waals surface area contributed by atoms with Crippen LogP contribution in [0.15, 0.2) is 64.7 Å². The van der Waals surface area contributed by atoms with E-state index in [1.807, 2.05) is 37.3 Å². The van der Waals surface area contributed by atoms with Gasteiger partial charge in [0.05, 0.1) is 17.1 Å². The average Bonchev–Trinajstić information content (AvgIpc) is 2.88. The summed E-state index contributed by atoms with van der Waals surface area (Å²) in [6, 6.07) is 16.3. The Morgan fingerprint density at radius 2 is 1.79 bits per heavy atom. The van der Waals surface area contributed by atoms with Crippen LogP contribution in [0.1, 0.15) is 24.2 Å². The molecule has 0 N–H and O–H groups in total. The number of hydrogen-bond donors (Lipinski definition) is 0. The lowest BCUT2D eigenvalue weighted by atomic mass is 10.1. The van der Waals surface area contributed by atoms with E-state index in [0.717, 1.165) is 5.69 Å². The molecule has 2 aromatic carbocycles. The zero-order valence-electron chi connectivity index (χ0n) is 13.5. The highest BCUT2D eigenvalue weighted by Crippen LogP contribution is 2.23. The van der Waals surface area contributed by atoms with Crippen molar-refractivity contribution in [3.05, 3.63) is 60.2 Å². The molecule has 0 unspecified atom stereocenters. The first-order valence-electron chi connectivity index (χ1n) is 7.65.